The Labute approximate surface area is 147 Å². The highest BCUT2D eigenvalue weighted by Crippen LogP contribution is 2.34. The second-order valence-corrected chi connectivity index (χ2v) is 6.84. The number of amides is 1. The summed E-state index contributed by atoms with van der Waals surface area (Å²) in [5, 5.41) is 0. The van der Waals surface area contributed by atoms with E-state index in [1.54, 1.807) is 6.20 Å². The van der Waals surface area contributed by atoms with E-state index >= 15 is 0 Å². The van der Waals surface area contributed by atoms with E-state index in [0.717, 1.165) is 32.5 Å². The smallest absolute Gasteiger partial charge is 0.267 e. The van der Waals surface area contributed by atoms with Crippen LogP contribution < -0.4 is 9.47 Å². The summed E-state index contributed by atoms with van der Waals surface area (Å²) < 4.78 is 13.9. The lowest BCUT2D eigenvalue weighted by molar-refractivity contribution is -0.145. The molecule has 0 spiro atoms. The third kappa shape index (κ3) is 3.34. The molecular formula is C19H23N3O3. The molecule has 0 aliphatic carbocycles. The summed E-state index contributed by atoms with van der Waals surface area (Å²) in [5.41, 5.74) is 0. The Morgan fingerprint density at radius 2 is 1.92 bits per heavy atom. The lowest BCUT2D eigenvalue weighted by Gasteiger charge is -2.37. The Hall–Kier alpha value is -2.50. The number of likely N-dealkylation sites (tertiary alicyclic amines) is 1. The molecule has 2 aliphatic rings. The molecule has 25 heavy (non-hydrogen) atoms. The molecule has 1 amide bonds. The highest BCUT2D eigenvalue weighted by Gasteiger charge is 2.37. The second-order valence-electron chi connectivity index (χ2n) is 6.84. The molecule has 0 N–H and O–H groups in total. The molecule has 1 saturated heterocycles. The van der Waals surface area contributed by atoms with E-state index in [2.05, 4.69) is 9.55 Å². The summed E-state index contributed by atoms with van der Waals surface area (Å²) in [6.07, 6.45) is 6.79. The van der Waals surface area contributed by atoms with Gasteiger partial charge in [-0.25, -0.2) is 4.98 Å². The fourth-order valence-electron chi connectivity index (χ4n) is 3.60. The zero-order valence-corrected chi connectivity index (χ0v) is 14.4. The number of benzene rings is 1. The van der Waals surface area contributed by atoms with Gasteiger partial charge in [-0.3, -0.25) is 4.79 Å². The summed E-state index contributed by atoms with van der Waals surface area (Å²) in [5.74, 6) is 1.97. The van der Waals surface area contributed by atoms with Crippen LogP contribution in [0.5, 0.6) is 11.5 Å². The van der Waals surface area contributed by atoms with Crippen molar-refractivity contribution in [3.63, 3.8) is 0 Å². The van der Waals surface area contributed by atoms with Crippen molar-refractivity contribution in [3.8, 4) is 11.5 Å². The van der Waals surface area contributed by atoms with Crippen LogP contribution in [0.1, 0.15) is 19.8 Å². The third-order valence-corrected chi connectivity index (χ3v) is 5.04. The van der Waals surface area contributed by atoms with Gasteiger partial charge < -0.3 is 18.9 Å². The minimum Gasteiger partial charge on any atom is -0.482 e. The standard InChI is InChI=1S/C19H23N3O3/c1-14-18(25-17-5-3-2-4-16(17)24-14)19(23)22-9-6-15(7-10-22)12-21-11-8-20-13-21/h2-5,8,11,13-15,18H,6-7,9-10,12H2,1H3. The molecule has 1 aromatic carbocycles. The summed E-state index contributed by atoms with van der Waals surface area (Å²) in [6.45, 7) is 4.40. The Balaban J connectivity index is 1.36. The van der Waals surface area contributed by atoms with Gasteiger partial charge in [0.15, 0.2) is 11.5 Å². The van der Waals surface area contributed by atoms with Crippen LogP contribution in [0.3, 0.4) is 0 Å². The molecule has 6 nitrogen and oxygen atoms in total. The van der Waals surface area contributed by atoms with Crippen molar-refractivity contribution in [1.29, 1.82) is 0 Å². The van der Waals surface area contributed by atoms with Gasteiger partial charge in [0.05, 0.1) is 6.33 Å². The number of aromatic nitrogens is 2. The first-order chi connectivity index (χ1) is 12.2. The highest BCUT2D eigenvalue weighted by atomic mass is 16.6. The maximum absolute atomic E-state index is 12.9. The van der Waals surface area contributed by atoms with Gasteiger partial charge in [-0.1, -0.05) is 12.1 Å². The van der Waals surface area contributed by atoms with Crippen molar-refractivity contribution < 1.29 is 14.3 Å². The average molecular weight is 341 g/mol. The van der Waals surface area contributed by atoms with E-state index < -0.39 is 6.10 Å². The van der Waals surface area contributed by atoms with Crippen molar-refractivity contribution >= 4 is 5.91 Å². The predicted octanol–water partition coefficient (Wildman–Crippen LogP) is 2.35. The van der Waals surface area contributed by atoms with E-state index in [4.69, 9.17) is 9.47 Å². The van der Waals surface area contributed by atoms with E-state index in [0.29, 0.717) is 17.4 Å². The molecule has 0 bridgehead atoms. The number of nitrogens with zero attached hydrogens (tertiary/aromatic N) is 3. The number of carbonyl (C=O) groups excluding carboxylic acids is 1. The third-order valence-electron chi connectivity index (χ3n) is 5.04. The van der Waals surface area contributed by atoms with Gasteiger partial charge >= 0.3 is 0 Å². The first kappa shape index (κ1) is 16.0. The van der Waals surface area contributed by atoms with Crippen molar-refractivity contribution in [1.82, 2.24) is 14.5 Å². The van der Waals surface area contributed by atoms with Crippen molar-refractivity contribution in [2.24, 2.45) is 5.92 Å². The molecule has 2 aromatic rings. The summed E-state index contributed by atoms with van der Waals surface area (Å²) >= 11 is 0. The van der Waals surface area contributed by atoms with Gasteiger partial charge in [-0.2, -0.15) is 0 Å². The zero-order valence-electron chi connectivity index (χ0n) is 14.4. The van der Waals surface area contributed by atoms with Crippen LogP contribution in [0.2, 0.25) is 0 Å². The molecule has 2 unspecified atom stereocenters. The number of hydrogen-bond donors (Lipinski definition) is 0. The van der Waals surface area contributed by atoms with E-state index in [-0.39, 0.29) is 12.0 Å². The fraction of sp³-hybridized carbons (Fsp3) is 0.474. The molecule has 2 aliphatic heterocycles. The zero-order chi connectivity index (χ0) is 17.2. The van der Waals surface area contributed by atoms with Crippen molar-refractivity contribution in [3.05, 3.63) is 43.0 Å². The van der Waals surface area contributed by atoms with E-state index in [1.807, 2.05) is 48.6 Å². The number of ether oxygens (including phenoxy) is 2. The summed E-state index contributed by atoms with van der Waals surface area (Å²) in [7, 11) is 0. The monoisotopic (exact) mass is 341 g/mol. The summed E-state index contributed by atoms with van der Waals surface area (Å²) in [4.78, 5) is 18.9. The van der Waals surface area contributed by atoms with Crippen LogP contribution in [0.4, 0.5) is 0 Å². The number of para-hydroxylation sites is 2. The SMILES string of the molecule is CC1Oc2ccccc2OC1C(=O)N1CCC(Cn2ccnc2)CC1. The average Bonchev–Trinajstić information content (AvgIpc) is 3.14. The molecule has 1 aromatic heterocycles. The Kier molecular flexibility index (Phi) is 4.34. The number of hydrogen-bond acceptors (Lipinski definition) is 4. The summed E-state index contributed by atoms with van der Waals surface area (Å²) in [6, 6.07) is 7.51. The number of piperidine rings is 1. The maximum Gasteiger partial charge on any atom is 0.267 e. The van der Waals surface area contributed by atoms with Gasteiger partial charge in [0.1, 0.15) is 6.10 Å². The van der Waals surface area contributed by atoms with Gasteiger partial charge in [0.25, 0.3) is 5.91 Å². The predicted molar refractivity (Wildman–Crippen MR) is 92.5 cm³/mol. The van der Waals surface area contributed by atoms with E-state index in [9.17, 15) is 4.79 Å². The van der Waals surface area contributed by atoms with Crippen LogP contribution in [0.15, 0.2) is 43.0 Å². The minimum absolute atomic E-state index is 0.0306. The number of rotatable bonds is 3. The molecule has 132 valence electrons. The van der Waals surface area contributed by atoms with Gasteiger partial charge in [-0.05, 0) is 37.8 Å². The van der Waals surface area contributed by atoms with Crippen molar-refractivity contribution in [2.45, 2.75) is 38.5 Å². The van der Waals surface area contributed by atoms with Crippen molar-refractivity contribution in [2.75, 3.05) is 13.1 Å². The van der Waals surface area contributed by atoms with Crippen LogP contribution >= 0.6 is 0 Å². The molecule has 0 radical (unpaired) electrons. The maximum atomic E-state index is 12.9. The van der Waals surface area contributed by atoms with Crippen LogP contribution in [0, 0.1) is 5.92 Å². The number of imidazole rings is 1. The van der Waals surface area contributed by atoms with Gasteiger partial charge in [0.2, 0.25) is 6.10 Å². The lowest BCUT2D eigenvalue weighted by atomic mass is 9.96. The molecule has 2 atom stereocenters. The Morgan fingerprint density at radius 1 is 1.20 bits per heavy atom. The molecule has 0 saturated carbocycles. The van der Waals surface area contributed by atoms with E-state index in [1.165, 1.54) is 0 Å². The second kappa shape index (κ2) is 6.78. The molecule has 1 fully saturated rings. The topological polar surface area (TPSA) is 56.6 Å². The van der Waals surface area contributed by atoms with Crippen LogP contribution in [-0.4, -0.2) is 45.7 Å². The molecule has 3 heterocycles. The molecule has 4 rings (SSSR count). The molecular weight excluding hydrogens is 318 g/mol. The number of carbonyl (C=O) groups is 1. The van der Waals surface area contributed by atoms with Crippen LogP contribution in [-0.2, 0) is 11.3 Å². The fourth-order valence-corrected chi connectivity index (χ4v) is 3.60. The highest BCUT2D eigenvalue weighted by molar-refractivity contribution is 5.82. The number of fused-ring (bicyclic) bond motifs is 1. The van der Waals surface area contributed by atoms with Crippen LogP contribution in [0.25, 0.3) is 0 Å². The Morgan fingerprint density at radius 3 is 2.60 bits per heavy atom. The minimum atomic E-state index is -0.569. The first-order valence-electron chi connectivity index (χ1n) is 8.87. The normalized spacial score (nSPS) is 23.5. The van der Waals surface area contributed by atoms with Gasteiger partial charge in [-0.15, -0.1) is 0 Å². The van der Waals surface area contributed by atoms with Gasteiger partial charge in [0, 0.05) is 32.0 Å². The Bertz CT molecular complexity index is 723. The quantitative estimate of drug-likeness (QED) is 0.860. The first-order valence-corrected chi connectivity index (χ1v) is 8.87. The largest absolute Gasteiger partial charge is 0.482 e. The molecule has 6 heteroatoms. The lowest BCUT2D eigenvalue weighted by Crippen LogP contribution is -2.52.